The lowest BCUT2D eigenvalue weighted by molar-refractivity contribution is -0.124. The molecule has 4 rings (SSSR count). The van der Waals surface area contributed by atoms with Crippen LogP contribution < -0.4 is 26.5 Å². The fraction of sp³-hybridized carbons (Fsp3) is 0.286. The van der Waals surface area contributed by atoms with Crippen LogP contribution >= 0.6 is 0 Å². The van der Waals surface area contributed by atoms with E-state index in [0.29, 0.717) is 36.2 Å². The van der Waals surface area contributed by atoms with Gasteiger partial charge in [-0.3, -0.25) is 15.0 Å². The number of amides is 1. The molecule has 1 aliphatic heterocycles. The molecule has 4 N–H and O–H groups in total. The third-order valence-corrected chi connectivity index (χ3v) is 5.09. The minimum absolute atomic E-state index is 0.0570. The third-order valence-electron chi connectivity index (χ3n) is 5.09. The molecular weight excluding hydrogens is 370 g/mol. The molecule has 8 heteroatoms. The van der Waals surface area contributed by atoms with Crippen molar-refractivity contribution < 1.29 is 9.53 Å². The minimum atomic E-state index is -0.259. The number of methoxy groups -OCH3 is 1. The largest absolute Gasteiger partial charge is 0.497 e. The predicted octanol–water partition coefficient (Wildman–Crippen LogP) is 1.06. The van der Waals surface area contributed by atoms with Crippen molar-refractivity contribution in [1.29, 1.82) is 0 Å². The molecule has 2 heterocycles. The highest BCUT2D eigenvalue weighted by Gasteiger charge is 2.33. The number of aromatic nitrogens is 2. The van der Waals surface area contributed by atoms with E-state index in [9.17, 15) is 9.59 Å². The van der Waals surface area contributed by atoms with Crippen LogP contribution in [0.5, 0.6) is 5.75 Å². The van der Waals surface area contributed by atoms with Crippen molar-refractivity contribution in [2.75, 3.05) is 20.2 Å². The molecule has 3 aromatic rings. The van der Waals surface area contributed by atoms with Crippen molar-refractivity contribution in [2.24, 2.45) is 5.92 Å². The first-order valence-electron chi connectivity index (χ1n) is 9.53. The highest BCUT2D eigenvalue weighted by Crippen LogP contribution is 2.27. The van der Waals surface area contributed by atoms with Crippen LogP contribution in [0.3, 0.4) is 0 Å². The normalized spacial score (nSPS) is 18.7. The molecule has 0 spiro atoms. The molecular formula is C21H23N5O3. The number of nitrogens with zero attached hydrogens (tertiary/aromatic N) is 1. The Morgan fingerprint density at radius 2 is 2.10 bits per heavy atom. The molecule has 150 valence electrons. The molecule has 0 aliphatic carbocycles. The van der Waals surface area contributed by atoms with E-state index >= 15 is 0 Å². The van der Waals surface area contributed by atoms with Crippen LogP contribution in [0.15, 0.2) is 53.3 Å². The fourth-order valence-electron chi connectivity index (χ4n) is 3.58. The second-order valence-corrected chi connectivity index (χ2v) is 6.96. The van der Waals surface area contributed by atoms with Gasteiger partial charge in [0.25, 0.3) is 5.56 Å². The quantitative estimate of drug-likeness (QED) is 0.499. The van der Waals surface area contributed by atoms with Gasteiger partial charge >= 0.3 is 0 Å². The Morgan fingerprint density at radius 1 is 1.24 bits per heavy atom. The molecule has 1 aliphatic rings. The summed E-state index contributed by atoms with van der Waals surface area (Å²) in [5.74, 6) is 0.992. The van der Waals surface area contributed by atoms with Gasteiger partial charge in [0.15, 0.2) is 0 Å². The van der Waals surface area contributed by atoms with Crippen LogP contribution in [0.25, 0.3) is 10.9 Å². The van der Waals surface area contributed by atoms with Gasteiger partial charge < -0.3 is 15.0 Å². The van der Waals surface area contributed by atoms with Crippen molar-refractivity contribution in [3.8, 4) is 5.75 Å². The highest BCUT2D eigenvalue weighted by atomic mass is 16.5. The molecule has 0 saturated carbocycles. The van der Waals surface area contributed by atoms with E-state index in [1.165, 1.54) is 0 Å². The summed E-state index contributed by atoms with van der Waals surface area (Å²) in [6, 6.07) is 14.7. The zero-order valence-electron chi connectivity index (χ0n) is 16.1. The molecule has 8 nitrogen and oxygen atoms in total. The Morgan fingerprint density at radius 3 is 2.97 bits per heavy atom. The molecule has 29 heavy (non-hydrogen) atoms. The van der Waals surface area contributed by atoms with Gasteiger partial charge in [-0.25, -0.2) is 10.4 Å². The maximum Gasteiger partial charge on any atom is 0.258 e. The number of aromatic amines is 1. The molecule has 1 saturated heterocycles. The Bertz CT molecular complexity index is 1080. The number of hydrogen-bond acceptors (Lipinski definition) is 6. The average molecular weight is 393 g/mol. The molecule has 1 aromatic heterocycles. The number of rotatable bonds is 6. The number of H-pyrrole nitrogens is 1. The third kappa shape index (κ3) is 4.13. The predicted molar refractivity (Wildman–Crippen MR) is 109 cm³/mol. The smallest absolute Gasteiger partial charge is 0.258 e. The number of carbonyl (C=O) groups excluding carboxylic acids is 1. The second-order valence-electron chi connectivity index (χ2n) is 6.96. The Balaban J connectivity index is 1.39. The number of fused-ring (bicyclic) bond motifs is 1. The second kappa shape index (κ2) is 8.42. The van der Waals surface area contributed by atoms with Gasteiger partial charge in [-0.1, -0.05) is 24.3 Å². The number of benzene rings is 2. The first-order chi connectivity index (χ1) is 14.2. The summed E-state index contributed by atoms with van der Waals surface area (Å²) in [4.78, 5) is 32.1. The maximum atomic E-state index is 12.7. The summed E-state index contributed by atoms with van der Waals surface area (Å²) in [6.07, 6.45) is 0.448. The van der Waals surface area contributed by atoms with Crippen molar-refractivity contribution in [1.82, 2.24) is 26.1 Å². The Kier molecular flexibility index (Phi) is 5.55. The van der Waals surface area contributed by atoms with E-state index in [4.69, 9.17) is 4.74 Å². The van der Waals surface area contributed by atoms with Gasteiger partial charge in [0.2, 0.25) is 5.91 Å². The van der Waals surface area contributed by atoms with E-state index in [1.54, 1.807) is 19.2 Å². The van der Waals surface area contributed by atoms with Crippen LogP contribution in [-0.2, 0) is 11.2 Å². The molecule has 2 atom stereocenters. The van der Waals surface area contributed by atoms with Crippen LogP contribution in [0, 0.1) is 5.92 Å². The molecule has 1 amide bonds. The zero-order valence-corrected chi connectivity index (χ0v) is 16.1. The zero-order chi connectivity index (χ0) is 20.2. The van der Waals surface area contributed by atoms with Gasteiger partial charge in [0, 0.05) is 19.5 Å². The van der Waals surface area contributed by atoms with Gasteiger partial charge in [0.1, 0.15) is 11.6 Å². The van der Waals surface area contributed by atoms with Crippen molar-refractivity contribution in [3.63, 3.8) is 0 Å². The summed E-state index contributed by atoms with van der Waals surface area (Å²) in [6.45, 7) is 0.917. The number of ether oxygens (including phenoxy) is 1. The van der Waals surface area contributed by atoms with Crippen LogP contribution in [0.4, 0.5) is 0 Å². The standard InChI is InChI=1S/C21H23N5O3/c1-29-14-6-4-5-13(11-14)19-16(12-23-26-19)20(27)22-10-9-18-24-17-8-3-2-7-15(17)21(28)25-18/h2-8,11,16,19,23,26H,9-10,12H2,1H3,(H,22,27)(H,24,25,28). The summed E-state index contributed by atoms with van der Waals surface area (Å²) >= 11 is 0. The molecule has 0 bridgehead atoms. The first kappa shape index (κ1) is 19.1. The van der Waals surface area contributed by atoms with E-state index in [0.717, 1.165) is 11.3 Å². The topological polar surface area (TPSA) is 108 Å². The summed E-state index contributed by atoms with van der Waals surface area (Å²) in [5, 5.41) is 3.52. The maximum absolute atomic E-state index is 12.7. The first-order valence-corrected chi connectivity index (χ1v) is 9.53. The molecule has 2 unspecified atom stereocenters. The monoisotopic (exact) mass is 393 g/mol. The van der Waals surface area contributed by atoms with Gasteiger partial charge in [-0.05, 0) is 29.8 Å². The van der Waals surface area contributed by atoms with Gasteiger partial charge in [-0.15, -0.1) is 0 Å². The number of para-hydroxylation sites is 1. The van der Waals surface area contributed by atoms with Crippen LogP contribution in [0.1, 0.15) is 17.4 Å². The summed E-state index contributed by atoms with van der Waals surface area (Å²) in [7, 11) is 1.62. The Hall–Kier alpha value is -3.23. The van der Waals surface area contributed by atoms with Gasteiger partial charge in [-0.2, -0.15) is 0 Å². The molecule has 1 fully saturated rings. The number of carbonyl (C=O) groups is 1. The average Bonchev–Trinajstić information content (AvgIpc) is 3.24. The van der Waals surface area contributed by atoms with Crippen molar-refractivity contribution >= 4 is 16.8 Å². The minimum Gasteiger partial charge on any atom is -0.497 e. The molecule has 0 radical (unpaired) electrons. The summed E-state index contributed by atoms with van der Waals surface area (Å²) in [5.41, 5.74) is 7.69. The molecule has 2 aromatic carbocycles. The summed E-state index contributed by atoms with van der Waals surface area (Å²) < 4.78 is 5.28. The van der Waals surface area contributed by atoms with E-state index in [2.05, 4.69) is 26.1 Å². The number of hydrogen-bond donors (Lipinski definition) is 4. The van der Waals surface area contributed by atoms with Crippen LogP contribution in [0.2, 0.25) is 0 Å². The van der Waals surface area contributed by atoms with Crippen molar-refractivity contribution in [2.45, 2.75) is 12.5 Å². The van der Waals surface area contributed by atoms with Crippen LogP contribution in [-0.4, -0.2) is 36.1 Å². The van der Waals surface area contributed by atoms with E-state index < -0.39 is 0 Å². The Labute approximate surface area is 167 Å². The number of hydrazine groups is 1. The van der Waals surface area contributed by atoms with Gasteiger partial charge in [0.05, 0.1) is 30.0 Å². The lowest BCUT2D eigenvalue weighted by Gasteiger charge is -2.19. The number of nitrogens with one attached hydrogen (secondary N) is 4. The van der Waals surface area contributed by atoms with Crippen molar-refractivity contribution in [3.05, 3.63) is 70.3 Å². The highest BCUT2D eigenvalue weighted by molar-refractivity contribution is 5.80. The van der Waals surface area contributed by atoms with E-state index in [-0.39, 0.29) is 23.4 Å². The lowest BCUT2D eigenvalue weighted by Crippen LogP contribution is -2.36. The van der Waals surface area contributed by atoms with E-state index in [1.807, 2.05) is 36.4 Å². The fourth-order valence-corrected chi connectivity index (χ4v) is 3.58. The SMILES string of the molecule is COc1cccc(C2NNCC2C(=O)NCCc2nc3ccccc3c(=O)[nH]2)c1. The lowest BCUT2D eigenvalue weighted by atomic mass is 9.94.